The van der Waals surface area contributed by atoms with E-state index >= 15 is 0 Å². The van der Waals surface area contributed by atoms with Crippen LogP contribution in [0.2, 0.25) is 10.0 Å². The van der Waals surface area contributed by atoms with E-state index in [0.29, 0.717) is 10.6 Å². The molecule has 0 saturated heterocycles. The number of hydrogen-bond donors (Lipinski definition) is 1. The minimum absolute atomic E-state index is 0.0122. The quantitative estimate of drug-likeness (QED) is 0.458. The van der Waals surface area contributed by atoms with Crippen molar-refractivity contribution in [2.24, 2.45) is 0 Å². The normalized spacial score (nSPS) is 11.5. The number of hydrogen-bond acceptors (Lipinski definition) is 5. The Labute approximate surface area is 159 Å². The van der Waals surface area contributed by atoms with Crippen LogP contribution in [-0.4, -0.2) is 30.0 Å². The molecule has 26 heavy (non-hydrogen) atoms. The summed E-state index contributed by atoms with van der Waals surface area (Å²) in [6.07, 6.45) is 0.0122. The minimum Gasteiger partial charge on any atom is -0.467 e. The number of carbonyl (C=O) groups is 2. The van der Waals surface area contributed by atoms with Crippen LogP contribution in [0, 0.1) is 10.1 Å². The van der Waals surface area contributed by atoms with Gasteiger partial charge in [-0.2, -0.15) is 0 Å². The van der Waals surface area contributed by atoms with Crippen molar-refractivity contribution in [3.63, 3.8) is 0 Å². The highest BCUT2D eigenvalue weighted by Crippen LogP contribution is 2.21. The Morgan fingerprint density at radius 1 is 1.23 bits per heavy atom. The van der Waals surface area contributed by atoms with Gasteiger partial charge in [0.2, 0.25) is 0 Å². The van der Waals surface area contributed by atoms with Crippen molar-refractivity contribution in [2.75, 3.05) is 7.11 Å². The molecule has 0 aliphatic carbocycles. The number of non-ortho nitro benzene ring substituents is 1. The topological polar surface area (TPSA) is 98.5 Å². The van der Waals surface area contributed by atoms with Crippen molar-refractivity contribution < 1.29 is 19.2 Å². The third-order valence-electron chi connectivity index (χ3n) is 3.53. The molecule has 2 rings (SSSR count). The number of nitrogens with one attached hydrogen (secondary N) is 1. The molecule has 0 spiro atoms. The number of nitro groups is 1. The summed E-state index contributed by atoms with van der Waals surface area (Å²) in [5.41, 5.74) is 0.481. The van der Waals surface area contributed by atoms with Crippen molar-refractivity contribution in [1.29, 1.82) is 0 Å². The lowest BCUT2D eigenvalue weighted by Crippen LogP contribution is -2.43. The third kappa shape index (κ3) is 4.93. The van der Waals surface area contributed by atoms with Crippen molar-refractivity contribution in [3.8, 4) is 0 Å². The van der Waals surface area contributed by atoms with Crippen LogP contribution in [0.1, 0.15) is 15.9 Å². The highest BCUT2D eigenvalue weighted by atomic mass is 35.5. The largest absolute Gasteiger partial charge is 0.467 e. The Kier molecular flexibility index (Phi) is 6.54. The number of amides is 1. The first-order valence-electron chi connectivity index (χ1n) is 7.39. The lowest BCUT2D eigenvalue weighted by molar-refractivity contribution is -0.384. The van der Waals surface area contributed by atoms with Gasteiger partial charge < -0.3 is 10.1 Å². The fourth-order valence-electron chi connectivity index (χ4n) is 2.28. The van der Waals surface area contributed by atoms with Gasteiger partial charge in [-0.15, -0.1) is 0 Å². The van der Waals surface area contributed by atoms with Gasteiger partial charge >= 0.3 is 5.97 Å². The summed E-state index contributed by atoms with van der Waals surface area (Å²) in [4.78, 5) is 34.8. The van der Waals surface area contributed by atoms with Gasteiger partial charge in [0.25, 0.3) is 11.6 Å². The van der Waals surface area contributed by atoms with Crippen molar-refractivity contribution >= 4 is 40.8 Å². The van der Waals surface area contributed by atoms with E-state index in [4.69, 9.17) is 27.9 Å². The molecule has 0 fully saturated rings. The van der Waals surface area contributed by atoms with Gasteiger partial charge in [0.1, 0.15) is 6.04 Å². The van der Waals surface area contributed by atoms with Crippen molar-refractivity contribution in [2.45, 2.75) is 12.5 Å². The third-order valence-corrected chi connectivity index (χ3v) is 4.09. The zero-order chi connectivity index (χ0) is 19.3. The highest BCUT2D eigenvalue weighted by molar-refractivity contribution is 6.35. The van der Waals surface area contributed by atoms with Crippen LogP contribution >= 0.6 is 23.2 Å². The summed E-state index contributed by atoms with van der Waals surface area (Å²) in [5, 5.41) is 13.9. The summed E-state index contributed by atoms with van der Waals surface area (Å²) in [7, 11) is 1.18. The van der Waals surface area contributed by atoms with E-state index in [1.807, 2.05) is 0 Å². The lowest BCUT2D eigenvalue weighted by Gasteiger charge is -2.17. The molecule has 1 N–H and O–H groups in total. The van der Waals surface area contributed by atoms with Crippen LogP contribution < -0.4 is 5.32 Å². The van der Waals surface area contributed by atoms with E-state index in [0.717, 1.165) is 0 Å². The maximum atomic E-state index is 12.4. The van der Waals surface area contributed by atoms with Crippen molar-refractivity contribution in [3.05, 3.63) is 73.8 Å². The summed E-state index contributed by atoms with van der Waals surface area (Å²) in [5.74, 6) is -1.30. The van der Waals surface area contributed by atoms with Gasteiger partial charge in [-0.25, -0.2) is 4.79 Å². The Morgan fingerprint density at radius 3 is 2.62 bits per heavy atom. The van der Waals surface area contributed by atoms with E-state index < -0.39 is 22.8 Å². The Morgan fingerprint density at radius 2 is 1.96 bits per heavy atom. The molecule has 7 nitrogen and oxygen atoms in total. The molecule has 0 aliphatic heterocycles. The Hall–Kier alpha value is -2.64. The van der Waals surface area contributed by atoms with Gasteiger partial charge in [-0.1, -0.05) is 35.3 Å². The smallest absolute Gasteiger partial charge is 0.328 e. The molecule has 1 amide bonds. The Bertz CT molecular complexity index is 857. The second kappa shape index (κ2) is 8.64. The maximum Gasteiger partial charge on any atom is 0.328 e. The first kappa shape index (κ1) is 19.7. The molecule has 0 unspecified atom stereocenters. The summed E-state index contributed by atoms with van der Waals surface area (Å²) < 4.78 is 4.71. The standard InChI is InChI=1S/C17H14Cl2N2O5/c1-26-17(23)15(8-10-3-2-4-12(7-10)21(24)25)20-16(22)13-9-11(18)5-6-14(13)19/h2-7,9,15H,8H2,1H3,(H,20,22)/t15-/m0/s1. The molecule has 0 radical (unpaired) electrons. The fraction of sp³-hybridized carbons (Fsp3) is 0.176. The zero-order valence-electron chi connectivity index (χ0n) is 13.6. The number of rotatable bonds is 6. The van der Waals surface area contributed by atoms with Crippen molar-refractivity contribution in [1.82, 2.24) is 5.32 Å². The second-order valence-corrected chi connectivity index (χ2v) is 6.15. The van der Waals surface area contributed by atoms with E-state index in [2.05, 4.69) is 5.32 Å². The van der Waals surface area contributed by atoms with E-state index in [1.165, 1.54) is 43.5 Å². The number of nitrogens with zero attached hydrogens (tertiary/aromatic N) is 1. The maximum absolute atomic E-state index is 12.4. The summed E-state index contributed by atoms with van der Waals surface area (Å²) in [6, 6.07) is 9.09. The fourth-order valence-corrected chi connectivity index (χ4v) is 2.65. The van der Waals surface area contributed by atoms with Gasteiger partial charge in [-0.05, 0) is 23.8 Å². The number of methoxy groups -OCH3 is 1. The summed E-state index contributed by atoms with van der Waals surface area (Å²) >= 11 is 11.9. The molecule has 0 aliphatic rings. The second-order valence-electron chi connectivity index (χ2n) is 5.30. The number of carbonyl (C=O) groups excluding carboxylic acids is 2. The predicted molar refractivity (Wildman–Crippen MR) is 96.5 cm³/mol. The molecule has 136 valence electrons. The molecule has 0 bridgehead atoms. The highest BCUT2D eigenvalue weighted by Gasteiger charge is 2.24. The van der Waals surface area contributed by atoms with Crippen LogP contribution in [0.15, 0.2) is 42.5 Å². The lowest BCUT2D eigenvalue weighted by atomic mass is 10.0. The van der Waals surface area contributed by atoms with Gasteiger partial charge in [0, 0.05) is 23.6 Å². The van der Waals surface area contributed by atoms with E-state index in [-0.39, 0.29) is 22.7 Å². The molecule has 2 aromatic carbocycles. The number of nitro benzene ring substituents is 1. The number of halogens is 2. The molecular formula is C17H14Cl2N2O5. The predicted octanol–water partition coefficient (Wildman–Crippen LogP) is 3.42. The summed E-state index contributed by atoms with van der Waals surface area (Å²) in [6.45, 7) is 0. The van der Waals surface area contributed by atoms with E-state index in [9.17, 15) is 19.7 Å². The van der Waals surface area contributed by atoms with Crippen LogP contribution in [0.4, 0.5) is 5.69 Å². The molecule has 1 atom stereocenters. The first-order chi connectivity index (χ1) is 12.3. The molecule has 0 saturated carbocycles. The van der Waals surface area contributed by atoms with Crippen LogP contribution in [-0.2, 0) is 16.0 Å². The SMILES string of the molecule is COC(=O)[C@H](Cc1cccc([N+](=O)[O-])c1)NC(=O)c1cc(Cl)ccc1Cl. The van der Waals surface area contributed by atoms with Gasteiger partial charge in [-0.3, -0.25) is 14.9 Å². The monoisotopic (exact) mass is 396 g/mol. The van der Waals surface area contributed by atoms with Crippen LogP contribution in [0.25, 0.3) is 0 Å². The molecule has 0 heterocycles. The zero-order valence-corrected chi connectivity index (χ0v) is 15.1. The molecule has 0 aromatic heterocycles. The average Bonchev–Trinajstić information content (AvgIpc) is 2.62. The molecule has 2 aromatic rings. The van der Waals surface area contributed by atoms with Gasteiger partial charge in [0.15, 0.2) is 0 Å². The number of ether oxygens (including phenoxy) is 1. The van der Waals surface area contributed by atoms with E-state index in [1.54, 1.807) is 6.07 Å². The minimum atomic E-state index is -1.05. The molecular weight excluding hydrogens is 383 g/mol. The average molecular weight is 397 g/mol. The van der Waals surface area contributed by atoms with Crippen LogP contribution in [0.3, 0.4) is 0 Å². The number of benzene rings is 2. The Balaban J connectivity index is 2.24. The number of esters is 1. The molecule has 9 heteroatoms. The first-order valence-corrected chi connectivity index (χ1v) is 8.14. The van der Waals surface area contributed by atoms with Gasteiger partial charge in [0.05, 0.1) is 22.6 Å². The van der Waals surface area contributed by atoms with Crippen LogP contribution in [0.5, 0.6) is 0 Å².